The summed E-state index contributed by atoms with van der Waals surface area (Å²) in [6, 6.07) is 20.0. The number of sulfonamides is 1. The van der Waals surface area contributed by atoms with Crippen LogP contribution < -0.4 is 10.0 Å². The van der Waals surface area contributed by atoms with Crippen LogP contribution in [0.3, 0.4) is 0 Å². The molecule has 31 heavy (non-hydrogen) atoms. The summed E-state index contributed by atoms with van der Waals surface area (Å²) in [6.45, 7) is 1.89. The number of benzene rings is 3. The number of aryl methyl sites for hydroxylation is 1. The molecule has 0 saturated carbocycles. The van der Waals surface area contributed by atoms with Gasteiger partial charge in [-0.15, -0.1) is 0 Å². The number of hydrogen-bond acceptors (Lipinski definition) is 5. The first kappa shape index (κ1) is 20.3. The number of anilines is 2. The maximum Gasteiger partial charge on any atom is 0.261 e. The molecule has 1 heterocycles. The van der Waals surface area contributed by atoms with Gasteiger partial charge in [0.2, 0.25) is 0 Å². The molecule has 0 saturated heterocycles. The predicted molar refractivity (Wildman–Crippen MR) is 118 cm³/mol. The molecule has 156 valence electrons. The second-order valence-corrected chi connectivity index (χ2v) is 8.52. The summed E-state index contributed by atoms with van der Waals surface area (Å²) in [5, 5.41) is 6.85. The van der Waals surface area contributed by atoms with Crippen LogP contribution in [0.4, 0.5) is 11.4 Å². The highest BCUT2D eigenvalue weighted by Gasteiger charge is 2.14. The van der Waals surface area contributed by atoms with Crippen molar-refractivity contribution in [2.24, 2.45) is 0 Å². The normalized spacial score (nSPS) is 11.1. The molecule has 1 amide bonds. The van der Waals surface area contributed by atoms with Crippen LogP contribution in [0, 0.1) is 6.92 Å². The molecule has 0 aliphatic rings. The lowest BCUT2D eigenvalue weighted by molar-refractivity contribution is 0.102. The Labute approximate surface area is 179 Å². The van der Waals surface area contributed by atoms with Gasteiger partial charge in [0.25, 0.3) is 15.9 Å². The fourth-order valence-electron chi connectivity index (χ4n) is 2.89. The Kier molecular flexibility index (Phi) is 5.50. The zero-order valence-electron chi connectivity index (χ0n) is 16.6. The molecule has 0 aliphatic heterocycles. The molecule has 4 rings (SSSR count). The first-order chi connectivity index (χ1) is 14.9. The van der Waals surface area contributed by atoms with Gasteiger partial charge in [-0.1, -0.05) is 23.8 Å². The summed E-state index contributed by atoms with van der Waals surface area (Å²) < 4.78 is 29.1. The van der Waals surface area contributed by atoms with Crippen molar-refractivity contribution in [1.82, 2.24) is 14.8 Å². The SMILES string of the molecule is Cc1ccc(S(=O)(=O)Nc2ccc(NC(=O)c3cccc(-n4cncn4)c3)cc2)cc1. The highest BCUT2D eigenvalue weighted by molar-refractivity contribution is 7.92. The number of carbonyl (C=O) groups is 1. The Morgan fingerprint density at radius 2 is 1.65 bits per heavy atom. The lowest BCUT2D eigenvalue weighted by Gasteiger charge is -2.10. The third-order valence-corrected chi connectivity index (χ3v) is 5.92. The first-order valence-electron chi connectivity index (χ1n) is 9.37. The van der Waals surface area contributed by atoms with Crippen LogP contribution in [0.15, 0.2) is 90.3 Å². The Hall–Kier alpha value is -3.98. The fraction of sp³-hybridized carbons (Fsp3) is 0.0455. The van der Waals surface area contributed by atoms with Gasteiger partial charge >= 0.3 is 0 Å². The van der Waals surface area contributed by atoms with E-state index in [0.717, 1.165) is 5.56 Å². The van der Waals surface area contributed by atoms with E-state index < -0.39 is 10.0 Å². The lowest BCUT2D eigenvalue weighted by Crippen LogP contribution is -2.14. The first-order valence-corrected chi connectivity index (χ1v) is 10.8. The van der Waals surface area contributed by atoms with Crippen molar-refractivity contribution in [2.45, 2.75) is 11.8 Å². The molecule has 0 atom stereocenters. The molecular weight excluding hydrogens is 414 g/mol. The molecule has 0 unspecified atom stereocenters. The van der Waals surface area contributed by atoms with Crippen molar-refractivity contribution in [3.05, 3.63) is 96.6 Å². The number of nitrogens with zero attached hydrogens (tertiary/aromatic N) is 3. The van der Waals surface area contributed by atoms with Gasteiger partial charge in [-0.05, 0) is 61.5 Å². The van der Waals surface area contributed by atoms with Crippen LogP contribution in [-0.4, -0.2) is 29.1 Å². The van der Waals surface area contributed by atoms with Crippen LogP contribution in [0.1, 0.15) is 15.9 Å². The van der Waals surface area contributed by atoms with Gasteiger partial charge < -0.3 is 5.32 Å². The average molecular weight is 433 g/mol. The largest absolute Gasteiger partial charge is 0.322 e. The number of amides is 1. The molecule has 0 bridgehead atoms. The van der Waals surface area contributed by atoms with Gasteiger partial charge in [0.1, 0.15) is 12.7 Å². The van der Waals surface area contributed by atoms with E-state index in [9.17, 15) is 13.2 Å². The minimum atomic E-state index is -3.69. The summed E-state index contributed by atoms with van der Waals surface area (Å²) in [5.74, 6) is -0.296. The van der Waals surface area contributed by atoms with Crippen molar-refractivity contribution in [2.75, 3.05) is 10.0 Å². The number of nitrogens with one attached hydrogen (secondary N) is 2. The second kappa shape index (κ2) is 8.41. The van der Waals surface area contributed by atoms with E-state index in [4.69, 9.17) is 0 Å². The zero-order chi connectivity index (χ0) is 21.8. The average Bonchev–Trinajstić information content (AvgIpc) is 3.30. The molecule has 0 spiro atoms. The van der Waals surface area contributed by atoms with Crippen molar-refractivity contribution < 1.29 is 13.2 Å². The predicted octanol–water partition coefficient (Wildman–Crippen LogP) is 3.63. The van der Waals surface area contributed by atoms with Crippen LogP contribution >= 0.6 is 0 Å². The Balaban J connectivity index is 1.44. The molecule has 8 nitrogen and oxygen atoms in total. The van der Waals surface area contributed by atoms with Crippen LogP contribution in [0.25, 0.3) is 5.69 Å². The van der Waals surface area contributed by atoms with E-state index in [-0.39, 0.29) is 10.8 Å². The van der Waals surface area contributed by atoms with E-state index in [1.165, 1.54) is 6.33 Å². The van der Waals surface area contributed by atoms with Gasteiger partial charge in [0, 0.05) is 16.9 Å². The maximum atomic E-state index is 12.6. The van der Waals surface area contributed by atoms with Gasteiger partial charge in [-0.2, -0.15) is 5.10 Å². The van der Waals surface area contributed by atoms with Gasteiger partial charge in [-0.25, -0.2) is 18.1 Å². The number of hydrogen-bond donors (Lipinski definition) is 2. The lowest BCUT2D eigenvalue weighted by atomic mass is 10.2. The summed E-state index contributed by atoms with van der Waals surface area (Å²) in [6.07, 6.45) is 2.97. The highest BCUT2D eigenvalue weighted by Crippen LogP contribution is 2.19. The van der Waals surface area contributed by atoms with E-state index in [2.05, 4.69) is 20.1 Å². The monoisotopic (exact) mass is 433 g/mol. The molecular formula is C22H19N5O3S. The van der Waals surface area contributed by atoms with Crippen molar-refractivity contribution in [3.8, 4) is 5.69 Å². The molecule has 3 aromatic carbocycles. The zero-order valence-corrected chi connectivity index (χ0v) is 17.4. The van der Waals surface area contributed by atoms with Gasteiger partial charge in [0.05, 0.1) is 10.6 Å². The number of carbonyl (C=O) groups excluding carboxylic acids is 1. The molecule has 0 aliphatic carbocycles. The molecule has 9 heteroatoms. The standard InChI is InChI=1S/C22H19N5O3S/c1-16-5-11-21(12-6-16)31(29,30)26-19-9-7-18(8-10-19)25-22(28)17-3-2-4-20(13-17)27-15-23-14-24-27/h2-15,26H,1H3,(H,25,28). The summed E-state index contributed by atoms with van der Waals surface area (Å²) in [5.41, 5.74) is 3.08. The summed E-state index contributed by atoms with van der Waals surface area (Å²) >= 11 is 0. The summed E-state index contributed by atoms with van der Waals surface area (Å²) in [4.78, 5) is 16.7. The highest BCUT2D eigenvalue weighted by atomic mass is 32.2. The maximum absolute atomic E-state index is 12.6. The van der Waals surface area contributed by atoms with Crippen LogP contribution in [0.2, 0.25) is 0 Å². The molecule has 2 N–H and O–H groups in total. The summed E-state index contributed by atoms with van der Waals surface area (Å²) in [7, 11) is -3.69. The van der Waals surface area contributed by atoms with E-state index in [0.29, 0.717) is 22.6 Å². The van der Waals surface area contributed by atoms with E-state index in [1.807, 2.05) is 13.0 Å². The quantitative estimate of drug-likeness (QED) is 0.483. The van der Waals surface area contributed by atoms with E-state index in [1.54, 1.807) is 77.7 Å². The van der Waals surface area contributed by atoms with Gasteiger partial charge in [0.15, 0.2) is 0 Å². The Bertz CT molecular complexity index is 1300. The third-order valence-electron chi connectivity index (χ3n) is 4.52. The Morgan fingerprint density at radius 3 is 2.32 bits per heavy atom. The van der Waals surface area contributed by atoms with Crippen molar-refractivity contribution >= 4 is 27.3 Å². The van der Waals surface area contributed by atoms with E-state index >= 15 is 0 Å². The fourth-order valence-corrected chi connectivity index (χ4v) is 3.95. The topological polar surface area (TPSA) is 106 Å². The minimum absolute atomic E-state index is 0.183. The van der Waals surface area contributed by atoms with Crippen molar-refractivity contribution in [1.29, 1.82) is 0 Å². The molecule has 1 aromatic heterocycles. The number of aromatic nitrogens is 3. The number of rotatable bonds is 6. The van der Waals surface area contributed by atoms with Crippen molar-refractivity contribution in [3.63, 3.8) is 0 Å². The smallest absolute Gasteiger partial charge is 0.261 e. The Morgan fingerprint density at radius 1 is 0.935 bits per heavy atom. The minimum Gasteiger partial charge on any atom is -0.322 e. The molecule has 0 fully saturated rings. The second-order valence-electron chi connectivity index (χ2n) is 6.84. The third kappa shape index (κ3) is 4.78. The molecule has 0 radical (unpaired) electrons. The van der Waals surface area contributed by atoms with Crippen LogP contribution in [0.5, 0.6) is 0 Å². The van der Waals surface area contributed by atoms with Gasteiger partial charge in [-0.3, -0.25) is 9.52 Å². The van der Waals surface area contributed by atoms with Crippen LogP contribution in [-0.2, 0) is 10.0 Å². The molecule has 4 aromatic rings.